The molecular weight excluding hydrogens is 280 g/mol. The van der Waals surface area contributed by atoms with Crippen LogP contribution in [0, 0.1) is 0 Å². The number of hydrogen-bond acceptors (Lipinski definition) is 4. The molecule has 22 heavy (non-hydrogen) atoms. The number of morpholine rings is 1. The van der Waals surface area contributed by atoms with Crippen LogP contribution >= 0.6 is 0 Å². The van der Waals surface area contributed by atoms with Gasteiger partial charge in [-0.1, -0.05) is 30.3 Å². The predicted octanol–water partition coefficient (Wildman–Crippen LogP) is 2.71. The molecule has 0 saturated carbocycles. The number of benzene rings is 1. The van der Waals surface area contributed by atoms with Crippen LogP contribution in [-0.2, 0) is 16.0 Å². The normalized spacial score (nSPS) is 19.7. The van der Waals surface area contributed by atoms with E-state index in [1.54, 1.807) is 11.9 Å². The molecule has 1 aliphatic heterocycles. The van der Waals surface area contributed by atoms with Crippen molar-refractivity contribution in [2.45, 2.75) is 39.1 Å². The molecule has 0 spiro atoms. The molecule has 2 rings (SSSR count). The second-order valence-electron chi connectivity index (χ2n) is 6.64. The first-order valence-corrected chi connectivity index (χ1v) is 7.69. The second kappa shape index (κ2) is 7.11. The molecule has 1 amide bonds. The lowest BCUT2D eigenvalue weighted by Crippen LogP contribution is -2.52. The SMILES string of the molecule is CN(C(=O)OC(C)(C)C)[C@@H]1CN(Cc2ccccc2)CCO1. The molecule has 122 valence electrons. The Morgan fingerprint density at radius 3 is 2.68 bits per heavy atom. The summed E-state index contributed by atoms with van der Waals surface area (Å²) >= 11 is 0. The molecule has 5 nitrogen and oxygen atoms in total. The van der Waals surface area contributed by atoms with E-state index in [9.17, 15) is 4.79 Å². The van der Waals surface area contributed by atoms with Crippen LogP contribution in [0.5, 0.6) is 0 Å². The lowest BCUT2D eigenvalue weighted by Gasteiger charge is -2.37. The number of ether oxygens (including phenoxy) is 2. The molecule has 0 unspecified atom stereocenters. The quantitative estimate of drug-likeness (QED) is 0.861. The average Bonchev–Trinajstić information content (AvgIpc) is 2.46. The number of likely N-dealkylation sites (N-methyl/N-ethyl adjacent to an activating group) is 1. The molecule has 0 N–H and O–H groups in total. The van der Waals surface area contributed by atoms with Crippen molar-refractivity contribution in [2.24, 2.45) is 0 Å². The summed E-state index contributed by atoms with van der Waals surface area (Å²) in [6.07, 6.45) is -0.619. The number of nitrogens with zero attached hydrogens (tertiary/aromatic N) is 2. The smallest absolute Gasteiger partial charge is 0.412 e. The third-order valence-electron chi connectivity index (χ3n) is 3.49. The monoisotopic (exact) mass is 306 g/mol. The van der Waals surface area contributed by atoms with Crippen LogP contribution in [-0.4, -0.2) is 54.5 Å². The summed E-state index contributed by atoms with van der Waals surface area (Å²) in [5.41, 5.74) is 0.770. The number of hydrogen-bond donors (Lipinski definition) is 0. The molecule has 1 aromatic carbocycles. The van der Waals surface area contributed by atoms with Gasteiger partial charge in [0.1, 0.15) is 11.8 Å². The van der Waals surface area contributed by atoms with Gasteiger partial charge in [-0.05, 0) is 26.3 Å². The molecule has 1 atom stereocenters. The zero-order chi connectivity index (χ0) is 16.2. The Balaban J connectivity index is 1.91. The summed E-state index contributed by atoms with van der Waals surface area (Å²) in [5, 5.41) is 0. The minimum absolute atomic E-state index is 0.271. The Morgan fingerprint density at radius 2 is 2.05 bits per heavy atom. The first-order valence-electron chi connectivity index (χ1n) is 7.69. The zero-order valence-electron chi connectivity index (χ0n) is 13.9. The Kier molecular flexibility index (Phi) is 5.42. The summed E-state index contributed by atoms with van der Waals surface area (Å²) in [6, 6.07) is 10.3. The highest BCUT2D eigenvalue weighted by Gasteiger charge is 2.29. The molecule has 1 saturated heterocycles. The molecule has 1 fully saturated rings. The predicted molar refractivity (Wildman–Crippen MR) is 85.5 cm³/mol. The molecule has 1 heterocycles. The van der Waals surface area contributed by atoms with Gasteiger partial charge in [0.2, 0.25) is 0 Å². The van der Waals surface area contributed by atoms with E-state index in [0.717, 1.165) is 13.1 Å². The molecule has 1 aliphatic rings. The first kappa shape index (κ1) is 16.8. The van der Waals surface area contributed by atoms with E-state index >= 15 is 0 Å². The number of rotatable bonds is 3. The zero-order valence-corrected chi connectivity index (χ0v) is 13.9. The minimum Gasteiger partial charge on any atom is -0.444 e. The summed E-state index contributed by atoms with van der Waals surface area (Å²) in [7, 11) is 1.73. The van der Waals surface area contributed by atoms with Crippen molar-refractivity contribution in [1.82, 2.24) is 9.80 Å². The van der Waals surface area contributed by atoms with Crippen LogP contribution in [0.3, 0.4) is 0 Å². The third kappa shape index (κ3) is 5.00. The number of carbonyl (C=O) groups excluding carboxylic acids is 1. The highest BCUT2D eigenvalue weighted by atomic mass is 16.6. The number of amides is 1. The van der Waals surface area contributed by atoms with Crippen LogP contribution in [0.2, 0.25) is 0 Å². The molecule has 0 bridgehead atoms. The van der Waals surface area contributed by atoms with E-state index in [4.69, 9.17) is 9.47 Å². The largest absolute Gasteiger partial charge is 0.444 e. The fourth-order valence-electron chi connectivity index (χ4n) is 2.35. The van der Waals surface area contributed by atoms with E-state index in [1.807, 2.05) is 39.0 Å². The van der Waals surface area contributed by atoms with Gasteiger partial charge in [-0.25, -0.2) is 4.79 Å². The molecule has 5 heteroatoms. The Hall–Kier alpha value is -1.59. The van der Waals surface area contributed by atoms with Crippen molar-refractivity contribution in [2.75, 3.05) is 26.7 Å². The molecule has 0 aromatic heterocycles. The van der Waals surface area contributed by atoms with E-state index in [0.29, 0.717) is 13.2 Å². The molecule has 0 aliphatic carbocycles. The van der Waals surface area contributed by atoms with Gasteiger partial charge in [-0.15, -0.1) is 0 Å². The van der Waals surface area contributed by atoms with Crippen LogP contribution in [0.1, 0.15) is 26.3 Å². The van der Waals surface area contributed by atoms with E-state index in [-0.39, 0.29) is 12.3 Å². The lowest BCUT2D eigenvalue weighted by molar-refractivity contribution is -0.104. The highest BCUT2D eigenvalue weighted by molar-refractivity contribution is 5.68. The van der Waals surface area contributed by atoms with Crippen molar-refractivity contribution in [3.8, 4) is 0 Å². The van der Waals surface area contributed by atoms with Gasteiger partial charge in [0, 0.05) is 26.7 Å². The fourth-order valence-corrected chi connectivity index (χ4v) is 2.35. The van der Waals surface area contributed by atoms with Crippen molar-refractivity contribution in [1.29, 1.82) is 0 Å². The summed E-state index contributed by atoms with van der Waals surface area (Å²) in [4.78, 5) is 16.0. The topological polar surface area (TPSA) is 42.0 Å². The van der Waals surface area contributed by atoms with E-state index < -0.39 is 5.60 Å². The minimum atomic E-state index is -0.496. The van der Waals surface area contributed by atoms with Crippen LogP contribution in [0.25, 0.3) is 0 Å². The highest BCUT2D eigenvalue weighted by Crippen LogP contribution is 2.15. The Labute approximate surface area is 132 Å². The average molecular weight is 306 g/mol. The van der Waals surface area contributed by atoms with Gasteiger partial charge >= 0.3 is 6.09 Å². The maximum Gasteiger partial charge on any atom is 0.412 e. The van der Waals surface area contributed by atoms with Gasteiger partial charge in [-0.2, -0.15) is 0 Å². The van der Waals surface area contributed by atoms with Crippen LogP contribution in [0.15, 0.2) is 30.3 Å². The second-order valence-corrected chi connectivity index (χ2v) is 6.64. The summed E-state index contributed by atoms with van der Waals surface area (Å²) in [6.45, 7) is 8.62. The fraction of sp³-hybridized carbons (Fsp3) is 0.588. The molecule has 0 radical (unpaired) electrons. The van der Waals surface area contributed by atoms with Crippen LogP contribution in [0.4, 0.5) is 4.79 Å². The van der Waals surface area contributed by atoms with Crippen molar-refractivity contribution in [3.63, 3.8) is 0 Å². The summed E-state index contributed by atoms with van der Waals surface area (Å²) in [5.74, 6) is 0. The van der Waals surface area contributed by atoms with Crippen molar-refractivity contribution < 1.29 is 14.3 Å². The van der Waals surface area contributed by atoms with Gasteiger partial charge < -0.3 is 9.47 Å². The van der Waals surface area contributed by atoms with E-state index in [1.165, 1.54) is 5.56 Å². The molecule has 1 aromatic rings. The van der Waals surface area contributed by atoms with Crippen LogP contribution < -0.4 is 0 Å². The lowest BCUT2D eigenvalue weighted by atomic mass is 10.2. The Morgan fingerprint density at radius 1 is 1.36 bits per heavy atom. The Bertz CT molecular complexity index is 484. The standard InChI is InChI=1S/C17H26N2O3/c1-17(2,3)22-16(20)18(4)15-13-19(10-11-21-15)12-14-8-6-5-7-9-14/h5-9,15H,10-13H2,1-4H3/t15-/m0/s1. The van der Waals surface area contributed by atoms with Crippen molar-refractivity contribution in [3.05, 3.63) is 35.9 Å². The van der Waals surface area contributed by atoms with Gasteiger partial charge in [-0.3, -0.25) is 9.80 Å². The van der Waals surface area contributed by atoms with Gasteiger partial charge in [0.15, 0.2) is 0 Å². The van der Waals surface area contributed by atoms with E-state index in [2.05, 4.69) is 17.0 Å². The summed E-state index contributed by atoms with van der Waals surface area (Å²) < 4.78 is 11.1. The van der Waals surface area contributed by atoms with Gasteiger partial charge in [0.05, 0.1) is 6.61 Å². The number of carbonyl (C=O) groups is 1. The molecular formula is C17H26N2O3. The first-order chi connectivity index (χ1) is 10.3. The maximum absolute atomic E-state index is 12.1. The maximum atomic E-state index is 12.1. The third-order valence-corrected chi connectivity index (χ3v) is 3.49. The van der Waals surface area contributed by atoms with Crippen molar-refractivity contribution >= 4 is 6.09 Å². The van der Waals surface area contributed by atoms with Gasteiger partial charge in [0.25, 0.3) is 0 Å².